The van der Waals surface area contributed by atoms with Gasteiger partial charge in [-0.2, -0.15) is 0 Å². The summed E-state index contributed by atoms with van der Waals surface area (Å²) < 4.78 is 0. The zero-order valence-corrected chi connectivity index (χ0v) is 14.1. The van der Waals surface area contributed by atoms with Crippen LogP contribution in [0.2, 0.25) is 5.02 Å². The van der Waals surface area contributed by atoms with E-state index >= 15 is 0 Å². The molecule has 24 heavy (non-hydrogen) atoms. The van der Waals surface area contributed by atoms with Crippen molar-refractivity contribution in [2.45, 2.75) is 25.7 Å². The van der Waals surface area contributed by atoms with E-state index in [1.54, 1.807) is 4.90 Å². The van der Waals surface area contributed by atoms with Crippen LogP contribution in [0.25, 0.3) is 0 Å². The Morgan fingerprint density at radius 2 is 1.88 bits per heavy atom. The molecule has 3 aliphatic rings. The average Bonchev–Trinajstić information content (AvgIpc) is 3.48. The molecular formula is C17H20ClN3O3. The molecule has 2 heterocycles. The third-order valence-corrected chi connectivity index (χ3v) is 5.79. The summed E-state index contributed by atoms with van der Waals surface area (Å²) in [6, 6.07) is 1.40. The molecule has 2 aliphatic carbocycles. The Balaban J connectivity index is 1.42. The van der Waals surface area contributed by atoms with Gasteiger partial charge in [0.15, 0.2) is 0 Å². The molecule has 2 amide bonds. The monoisotopic (exact) mass is 349 g/mol. The highest BCUT2D eigenvalue weighted by molar-refractivity contribution is 6.30. The number of rotatable bonds is 2. The quantitative estimate of drug-likeness (QED) is 0.879. The van der Waals surface area contributed by atoms with Crippen molar-refractivity contribution >= 4 is 23.4 Å². The van der Waals surface area contributed by atoms with E-state index in [4.69, 9.17) is 11.6 Å². The smallest absolute Gasteiger partial charge is 0.260 e. The topological polar surface area (TPSA) is 73.5 Å². The summed E-state index contributed by atoms with van der Waals surface area (Å²) in [7, 11) is 0. The first kappa shape index (κ1) is 15.7. The maximum absolute atomic E-state index is 12.6. The molecule has 6 nitrogen and oxygen atoms in total. The lowest BCUT2D eigenvalue weighted by Gasteiger charge is -2.22. The van der Waals surface area contributed by atoms with Crippen molar-refractivity contribution in [3.63, 3.8) is 0 Å². The van der Waals surface area contributed by atoms with Crippen molar-refractivity contribution in [2.75, 3.05) is 26.2 Å². The van der Waals surface area contributed by atoms with Crippen molar-refractivity contribution in [3.8, 4) is 0 Å². The van der Waals surface area contributed by atoms with Gasteiger partial charge in [-0.1, -0.05) is 11.6 Å². The van der Waals surface area contributed by atoms with Crippen molar-refractivity contribution in [2.24, 2.45) is 11.3 Å². The summed E-state index contributed by atoms with van der Waals surface area (Å²) in [5, 5.41) is 0.327. The van der Waals surface area contributed by atoms with Crippen LogP contribution in [0.3, 0.4) is 0 Å². The van der Waals surface area contributed by atoms with Crippen LogP contribution in [0.4, 0.5) is 0 Å². The largest absolute Gasteiger partial charge is 0.341 e. The van der Waals surface area contributed by atoms with Gasteiger partial charge >= 0.3 is 0 Å². The average molecular weight is 350 g/mol. The molecule has 1 aliphatic heterocycles. The van der Waals surface area contributed by atoms with E-state index in [2.05, 4.69) is 4.98 Å². The molecule has 1 unspecified atom stereocenters. The molecule has 2 saturated carbocycles. The number of pyridine rings is 1. The van der Waals surface area contributed by atoms with Gasteiger partial charge in [-0.15, -0.1) is 0 Å². The Bertz CT molecular complexity index is 756. The van der Waals surface area contributed by atoms with Crippen molar-refractivity contribution in [3.05, 3.63) is 33.2 Å². The molecule has 7 heteroatoms. The van der Waals surface area contributed by atoms with Crippen LogP contribution in [0.5, 0.6) is 0 Å². The van der Waals surface area contributed by atoms with Crippen molar-refractivity contribution < 1.29 is 9.59 Å². The van der Waals surface area contributed by atoms with E-state index in [-0.39, 0.29) is 23.3 Å². The van der Waals surface area contributed by atoms with Gasteiger partial charge in [0.25, 0.3) is 11.5 Å². The van der Waals surface area contributed by atoms with Crippen molar-refractivity contribution in [1.29, 1.82) is 0 Å². The van der Waals surface area contributed by atoms with E-state index in [1.807, 2.05) is 4.90 Å². The van der Waals surface area contributed by atoms with Crippen LogP contribution in [-0.2, 0) is 4.79 Å². The van der Waals surface area contributed by atoms with Gasteiger partial charge in [-0.05, 0) is 37.2 Å². The van der Waals surface area contributed by atoms with E-state index in [0.717, 1.165) is 12.8 Å². The summed E-state index contributed by atoms with van der Waals surface area (Å²) in [5.74, 6) is 0.149. The second-order valence-corrected chi connectivity index (χ2v) is 7.59. The Morgan fingerprint density at radius 3 is 2.58 bits per heavy atom. The minimum Gasteiger partial charge on any atom is -0.341 e. The molecule has 1 aromatic rings. The first-order valence-electron chi connectivity index (χ1n) is 8.46. The third-order valence-electron chi connectivity index (χ3n) is 5.57. The highest BCUT2D eigenvalue weighted by Crippen LogP contribution is 2.70. The van der Waals surface area contributed by atoms with Crippen LogP contribution in [0.15, 0.2) is 17.1 Å². The van der Waals surface area contributed by atoms with Crippen LogP contribution >= 0.6 is 11.6 Å². The highest BCUT2D eigenvalue weighted by Gasteiger charge is 2.66. The number of hydrogen-bond acceptors (Lipinski definition) is 3. The zero-order chi connectivity index (χ0) is 16.9. The van der Waals surface area contributed by atoms with Crippen LogP contribution < -0.4 is 5.56 Å². The number of aromatic nitrogens is 1. The van der Waals surface area contributed by atoms with Gasteiger partial charge in [-0.3, -0.25) is 14.4 Å². The normalized spacial score (nSPS) is 24.6. The number of hydrogen-bond donors (Lipinski definition) is 1. The Hall–Kier alpha value is -1.82. The number of nitrogens with one attached hydrogen (secondary N) is 1. The number of halogens is 1. The molecule has 128 valence electrons. The Labute approximate surface area is 144 Å². The standard InChI is InChI=1S/C17H20ClN3O3/c18-11-8-12(14(22)19-10-11)15(23)20-4-1-5-21(7-6-20)16(24)13-9-17(13)2-3-17/h8,10,13H,1-7,9H2,(H,19,22). The fourth-order valence-corrected chi connectivity index (χ4v) is 3.92. The van der Waals surface area contributed by atoms with Crippen LogP contribution in [0.1, 0.15) is 36.0 Å². The number of nitrogens with zero attached hydrogens (tertiary/aromatic N) is 2. The van der Waals surface area contributed by atoms with Gasteiger partial charge in [0.1, 0.15) is 5.56 Å². The van der Waals surface area contributed by atoms with Gasteiger partial charge < -0.3 is 14.8 Å². The summed E-state index contributed by atoms with van der Waals surface area (Å²) in [6.07, 6.45) is 5.53. The lowest BCUT2D eigenvalue weighted by Crippen LogP contribution is -2.39. The number of carbonyl (C=O) groups is 2. The third kappa shape index (κ3) is 2.73. The van der Waals surface area contributed by atoms with Crippen molar-refractivity contribution in [1.82, 2.24) is 14.8 Å². The molecule has 1 atom stereocenters. The van der Waals surface area contributed by atoms with Gasteiger partial charge in [0.2, 0.25) is 5.91 Å². The van der Waals surface area contributed by atoms with Crippen LogP contribution in [0, 0.1) is 11.3 Å². The second-order valence-electron chi connectivity index (χ2n) is 7.15. The highest BCUT2D eigenvalue weighted by atomic mass is 35.5. The second kappa shape index (κ2) is 5.62. The molecule has 4 rings (SSSR count). The Morgan fingerprint density at radius 1 is 1.17 bits per heavy atom. The molecule has 1 N–H and O–H groups in total. The molecular weight excluding hydrogens is 330 g/mol. The molecule has 0 bridgehead atoms. The molecule has 0 aromatic carbocycles. The summed E-state index contributed by atoms with van der Waals surface area (Å²) in [5.41, 5.74) is -0.0240. The minimum absolute atomic E-state index is 0.0569. The maximum atomic E-state index is 12.6. The van der Waals surface area contributed by atoms with Gasteiger partial charge in [0.05, 0.1) is 5.02 Å². The Kier molecular flexibility index (Phi) is 3.67. The molecule has 0 radical (unpaired) electrons. The lowest BCUT2D eigenvalue weighted by atomic mass is 10.2. The van der Waals surface area contributed by atoms with Gasteiger partial charge in [0, 0.05) is 38.3 Å². The number of H-pyrrole nitrogens is 1. The maximum Gasteiger partial charge on any atom is 0.260 e. The lowest BCUT2D eigenvalue weighted by molar-refractivity contribution is -0.132. The molecule has 1 aromatic heterocycles. The van der Waals surface area contributed by atoms with E-state index < -0.39 is 5.56 Å². The van der Waals surface area contributed by atoms with E-state index in [1.165, 1.54) is 25.1 Å². The minimum atomic E-state index is -0.435. The zero-order valence-electron chi connectivity index (χ0n) is 13.4. The van der Waals surface area contributed by atoms with E-state index in [0.29, 0.717) is 36.6 Å². The SMILES string of the molecule is O=C(c1cc(Cl)c[nH]c1=O)N1CCCN(C(=O)C2CC23CC3)CC1. The summed E-state index contributed by atoms with van der Waals surface area (Å²) in [4.78, 5) is 43.0. The van der Waals surface area contributed by atoms with E-state index in [9.17, 15) is 14.4 Å². The molecule has 1 spiro atoms. The first-order chi connectivity index (χ1) is 11.5. The number of aromatic amines is 1. The fraction of sp³-hybridized carbons (Fsp3) is 0.588. The first-order valence-corrected chi connectivity index (χ1v) is 8.84. The van der Waals surface area contributed by atoms with Crippen LogP contribution in [-0.4, -0.2) is 52.8 Å². The molecule has 1 saturated heterocycles. The molecule has 3 fully saturated rings. The predicted molar refractivity (Wildman–Crippen MR) is 88.9 cm³/mol. The number of amides is 2. The van der Waals surface area contributed by atoms with Gasteiger partial charge in [-0.25, -0.2) is 0 Å². The summed E-state index contributed by atoms with van der Waals surface area (Å²) >= 11 is 5.88. The fourth-order valence-electron chi connectivity index (χ4n) is 3.76. The number of carbonyl (C=O) groups excluding carboxylic acids is 2. The predicted octanol–water partition coefficient (Wildman–Crippen LogP) is 1.50. The summed E-state index contributed by atoms with van der Waals surface area (Å²) in [6.45, 7) is 2.22.